The van der Waals surface area contributed by atoms with Crippen molar-refractivity contribution in [1.29, 1.82) is 0 Å². The lowest BCUT2D eigenvalue weighted by Gasteiger charge is -2.13. The van der Waals surface area contributed by atoms with Crippen molar-refractivity contribution in [2.45, 2.75) is 32.6 Å². The van der Waals surface area contributed by atoms with E-state index in [4.69, 9.17) is 11.6 Å². The first kappa shape index (κ1) is 20.8. The fourth-order valence-electron chi connectivity index (χ4n) is 2.74. The number of nitrogens with zero attached hydrogens (tertiary/aromatic N) is 4. The number of nitrogens with one attached hydrogen (secondary N) is 1. The van der Waals surface area contributed by atoms with Crippen molar-refractivity contribution >= 4 is 23.3 Å². The van der Waals surface area contributed by atoms with Crippen molar-refractivity contribution < 1.29 is 22.4 Å². The van der Waals surface area contributed by atoms with E-state index in [9.17, 15) is 22.4 Å². The minimum Gasteiger partial charge on any atom is -0.306 e. The number of hydrogen-bond donors (Lipinski definition) is 1. The first-order valence-electron chi connectivity index (χ1n) is 8.46. The Balaban J connectivity index is 1.74. The third-order valence-electron chi connectivity index (χ3n) is 4.15. The number of aromatic nitrogens is 4. The molecule has 0 saturated carbocycles. The molecule has 1 atom stereocenters. The molecule has 0 radical (unpaired) electrons. The number of amides is 1. The third-order valence-corrected chi connectivity index (χ3v) is 4.43. The summed E-state index contributed by atoms with van der Waals surface area (Å²) in [5, 5.41) is 10.2. The van der Waals surface area contributed by atoms with Crippen LogP contribution in [-0.2, 0) is 17.5 Å². The molecular formula is C18H16ClF4N5O. The zero-order valence-electron chi connectivity index (χ0n) is 15.3. The van der Waals surface area contributed by atoms with E-state index in [0.717, 1.165) is 10.7 Å². The van der Waals surface area contributed by atoms with Gasteiger partial charge in [-0.05, 0) is 37.6 Å². The van der Waals surface area contributed by atoms with Gasteiger partial charge in [-0.15, -0.1) is 0 Å². The second kappa shape index (κ2) is 7.86. The van der Waals surface area contributed by atoms with Crippen molar-refractivity contribution in [3.63, 3.8) is 0 Å². The van der Waals surface area contributed by atoms with Gasteiger partial charge in [0.05, 0.1) is 6.54 Å². The summed E-state index contributed by atoms with van der Waals surface area (Å²) in [6.45, 7) is 3.05. The highest BCUT2D eigenvalue weighted by Gasteiger charge is 2.35. The van der Waals surface area contributed by atoms with Crippen molar-refractivity contribution in [2.75, 3.05) is 5.32 Å². The maximum Gasteiger partial charge on any atom is 0.435 e. The zero-order valence-corrected chi connectivity index (χ0v) is 16.1. The number of halogens is 5. The molecule has 2 aromatic heterocycles. The molecule has 3 aromatic rings. The Kier molecular flexibility index (Phi) is 5.65. The average molecular weight is 430 g/mol. The van der Waals surface area contributed by atoms with Gasteiger partial charge in [-0.2, -0.15) is 23.4 Å². The molecule has 11 heteroatoms. The average Bonchev–Trinajstić information content (AvgIpc) is 3.17. The number of alkyl halides is 3. The van der Waals surface area contributed by atoms with Crippen molar-refractivity contribution in [3.8, 4) is 0 Å². The normalized spacial score (nSPS) is 12.8. The van der Waals surface area contributed by atoms with Crippen LogP contribution in [0.4, 0.5) is 23.4 Å². The van der Waals surface area contributed by atoms with Crippen LogP contribution in [0.5, 0.6) is 0 Å². The van der Waals surface area contributed by atoms with Crippen LogP contribution in [0.3, 0.4) is 0 Å². The van der Waals surface area contributed by atoms with Gasteiger partial charge < -0.3 is 5.32 Å². The molecule has 154 valence electrons. The number of aryl methyl sites for hydroxylation is 1. The molecule has 2 heterocycles. The molecular weight excluding hydrogens is 414 g/mol. The lowest BCUT2D eigenvalue weighted by atomic mass is 10.2. The highest BCUT2D eigenvalue weighted by atomic mass is 35.5. The van der Waals surface area contributed by atoms with E-state index in [1.807, 2.05) is 0 Å². The summed E-state index contributed by atoms with van der Waals surface area (Å²) in [7, 11) is 0. The van der Waals surface area contributed by atoms with E-state index in [2.05, 4.69) is 15.5 Å². The highest BCUT2D eigenvalue weighted by Crippen LogP contribution is 2.29. The standard InChI is InChI=1S/C18H16ClF4N5O/c1-10-6-15(18(21,22)23)25-28(10)11(2)17(29)24-16-14(19)9-27(26-16)8-12-4-3-5-13(20)7-12/h3-7,9,11H,8H2,1-2H3,(H,24,26,29). The Bertz CT molecular complexity index is 1040. The molecule has 1 aromatic carbocycles. The molecule has 0 aliphatic rings. The molecule has 0 saturated heterocycles. The number of anilines is 1. The topological polar surface area (TPSA) is 64.7 Å². The van der Waals surface area contributed by atoms with E-state index >= 15 is 0 Å². The summed E-state index contributed by atoms with van der Waals surface area (Å²) in [6, 6.07) is 5.75. The first-order valence-corrected chi connectivity index (χ1v) is 8.84. The molecule has 3 rings (SSSR count). The molecule has 1 N–H and O–H groups in total. The van der Waals surface area contributed by atoms with Crippen LogP contribution in [0.15, 0.2) is 36.5 Å². The maximum atomic E-state index is 13.3. The number of carbonyl (C=O) groups is 1. The quantitative estimate of drug-likeness (QED) is 0.609. The van der Waals surface area contributed by atoms with Crippen LogP contribution < -0.4 is 5.32 Å². The van der Waals surface area contributed by atoms with Crippen LogP contribution >= 0.6 is 11.6 Å². The van der Waals surface area contributed by atoms with Gasteiger partial charge in [-0.25, -0.2) is 4.39 Å². The van der Waals surface area contributed by atoms with E-state index < -0.39 is 29.6 Å². The third kappa shape index (κ3) is 4.76. The fraction of sp³-hybridized carbons (Fsp3) is 0.278. The summed E-state index contributed by atoms with van der Waals surface area (Å²) in [5.41, 5.74) is -0.253. The second-order valence-corrected chi connectivity index (χ2v) is 6.84. The molecule has 29 heavy (non-hydrogen) atoms. The predicted octanol–water partition coefficient (Wildman–Crippen LogP) is 4.45. The van der Waals surface area contributed by atoms with Gasteiger partial charge in [-0.3, -0.25) is 14.2 Å². The molecule has 0 aliphatic carbocycles. The van der Waals surface area contributed by atoms with Gasteiger partial charge in [0, 0.05) is 11.9 Å². The largest absolute Gasteiger partial charge is 0.435 e. The zero-order chi connectivity index (χ0) is 21.3. The summed E-state index contributed by atoms with van der Waals surface area (Å²) < 4.78 is 54.2. The van der Waals surface area contributed by atoms with E-state index in [1.165, 1.54) is 36.9 Å². The predicted molar refractivity (Wildman–Crippen MR) is 98.0 cm³/mol. The summed E-state index contributed by atoms with van der Waals surface area (Å²) >= 11 is 6.09. The molecule has 1 amide bonds. The van der Waals surface area contributed by atoms with E-state index in [1.54, 1.807) is 12.1 Å². The minimum absolute atomic E-state index is 0.0424. The Morgan fingerprint density at radius 2 is 2.00 bits per heavy atom. The molecule has 0 bridgehead atoms. The van der Waals surface area contributed by atoms with Crippen molar-refractivity contribution in [2.24, 2.45) is 0 Å². The lowest BCUT2D eigenvalue weighted by molar-refractivity contribution is -0.141. The number of rotatable bonds is 5. The molecule has 1 unspecified atom stereocenters. The van der Waals surface area contributed by atoms with E-state index in [-0.39, 0.29) is 23.1 Å². The van der Waals surface area contributed by atoms with Gasteiger partial charge in [0.25, 0.3) is 0 Å². The number of hydrogen-bond acceptors (Lipinski definition) is 3. The molecule has 0 spiro atoms. The molecule has 6 nitrogen and oxygen atoms in total. The van der Waals surface area contributed by atoms with Crippen LogP contribution in [0.2, 0.25) is 5.02 Å². The van der Waals surface area contributed by atoms with Crippen molar-refractivity contribution in [3.05, 3.63) is 64.3 Å². The number of benzene rings is 1. The van der Waals surface area contributed by atoms with Crippen LogP contribution in [0.1, 0.15) is 29.9 Å². The van der Waals surface area contributed by atoms with E-state index in [0.29, 0.717) is 5.56 Å². The summed E-state index contributed by atoms with van der Waals surface area (Å²) in [6.07, 6.45) is -3.15. The first-order chi connectivity index (χ1) is 13.5. The summed E-state index contributed by atoms with van der Waals surface area (Å²) in [4.78, 5) is 12.5. The second-order valence-electron chi connectivity index (χ2n) is 6.43. The Labute approximate surface area is 168 Å². The maximum absolute atomic E-state index is 13.3. The van der Waals surface area contributed by atoms with Gasteiger partial charge >= 0.3 is 6.18 Å². The lowest BCUT2D eigenvalue weighted by Crippen LogP contribution is -2.26. The molecule has 0 aliphatic heterocycles. The summed E-state index contributed by atoms with van der Waals surface area (Å²) in [5.74, 6) is -0.987. The van der Waals surface area contributed by atoms with Gasteiger partial charge in [-0.1, -0.05) is 23.7 Å². The van der Waals surface area contributed by atoms with Crippen LogP contribution in [0.25, 0.3) is 0 Å². The highest BCUT2D eigenvalue weighted by molar-refractivity contribution is 6.33. The van der Waals surface area contributed by atoms with Crippen molar-refractivity contribution in [1.82, 2.24) is 19.6 Å². The SMILES string of the molecule is Cc1cc(C(F)(F)F)nn1C(C)C(=O)Nc1nn(Cc2cccc(F)c2)cc1Cl. The Hall–Kier alpha value is -2.88. The minimum atomic E-state index is -4.61. The Morgan fingerprint density at radius 3 is 2.62 bits per heavy atom. The monoisotopic (exact) mass is 429 g/mol. The fourth-order valence-corrected chi connectivity index (χ4v) is 2.93. The number of carbonyl (C=O) groups excluding carboxylic acids is 1. The van der Waals surface area contributed by atoms with Gasteiger partial charge in [0.2, 0.25) is 5.91 Å². The smallest absolute Gasteiger partial charge is 0.306 e. The van der Waals surface area contributed by atoms with Gasteiger partial charge in [0.15, 0.2) is 11.5 Å². The van der Waals surface area contributed by atoms with Crippen LogP contribution in [0, 0.1) is 12.7 Å². The van der Waals surface area contributed by atoms with Crippen LogP contribution in [-0.4, -0.2) is 25.5 Å². The molecule has 0 fully saturated rings. The van der Waals surface area contributed by atoms with Gasteiger partial charge in [0.1, 0.15) is 16.9 Å². The Morgan fingerprint density at radius 1 is 1.28 bits per heavy atom.